The molecule has 204 valence electrons. The fraction of sp³-hybridized carbons (Fsp3) is 0.452. The Balaban J connectivity index is 1.11. The number of amides is 1. The Bertz CT molecular complexity index is 1430. The number of nitrogens with one attached hydrogen (secondary N) is 2. The molecule has 6 rings (SSSR count). The van der Waals surface area contributed by atoms with Crippen molar-refractivity contribution in [1.29, 1.82) is 0 Å². The van der Waals surface area contributed by atoms with Gasteiger partial charge in [0.1, 0.15) is 11.9 Å². The molecule has 1 aromatic carbocycles. The topological polar surface area (TPSA) is 91.8 Å². The molecule has 0 bridgehead atoms. The van der Waals surface area contributed by atoms with Crippen LogP contribution in [0.5, 0.6) is 0 Å². The van der Waals surface area contributed by atoms with E-state index in [1.807, 2.05) is 42.3 Å². The lowest BCUT2D eigenvalue weighted by Gasteiger charge is -2.35. The highest BCUT2D eigenvalue weighted by atomic mass is 16.6. The molecule has 1 saturated carbocycles. The number of epoxide rings is 1. The lowest BCUT2D eigenvalue weighted by Crippen LogP contribution is -2.50. The molecule has 2 aromatic heterocycles. The van der Waals surface area contributed by atoms with Crippen molar-refractivity contribution in [2.45, 2.75) is 57.4 Å². The van der Waals surface area contributed by atoms with Gasteiger partial charge in [0.25, 0.3) is 5.56 Å². The second-order valence-electron chi connectivity index (χ2n) is 11.2. The van der Waals surface area contributed by atoms with E-state index in [9.17, 15) is 9.59 Å². The van der Waals surface area contributed by atoms with Crippen molar-refractivity contribution >= 4 is 17.4 Å². The number of hydrogen-bond donors (Lipinski definition) is 2. The Kier molecular flexibility index (Phi) is 6.77. The van der Waals surface area contributed by atoms with Crippen LogP contribution in [0.3, 0.4) is 0 Å². The first-order chi connectivity index (χ1) is 18.9. The summed E-state index contributed by atoms with van der Waals surface area (Å²) in [5.74, 6) is 1.45. The molecular formula is C31H37N5O3. The third-order valence-corrected chi connectivity index (χ3v) is 8.81. The van der Waals surface area contributed by atoms with E-state index in [-0.39, 0.29) is 35.3 Å². The lowest BCUT2D eigenvalue weighted by atomic mass is 9.73. The lowest BCUT2D eigenvalue weighted by molar-refractivity contribution is -0.128. The number of pyridine rings is 2. The van der Waals surface area contributed by atoms with Gasteiger partial charge < -0.3 is 24.8 Å². The van der Waals surface area contributed by atoms with E-state index in [2.05, 4.69) is 34.7 Å². The summed E-state index contributed by atoms with van der Waals surface area (Å²) >= 11 is 0. The number of aromatic nitrogens is 2. The summed E-state index contributed by atoms with van der Waals surface area (Å²) in [5, 5.41) is 6.84. The third kappa shape index (κ3) is 4.87. The third-order valence-electron chi connectivity index (χ3n) is 8.81. The van der Waals surface area contributed by atoms with Crippen LogP contribution in [0.4, 0.5) is 11.5 Å². The number of nitrogens with zero attached hydrogens (tertiary/aromatic N) is 3. The minimum Gasteiger partial charge on any atom is -0.347 e. The standard InChI is InChI=1S/C31H37N5O3/c1-4-26(32-2)31(23-8-9-23)12-15-36(30(31)38)24-10-13-33-27(19-24)34-29-25(39-29)17-20-6-5-7-21(16-20)22-11-14-35(3)28(37)18-22/h5-7,10-11,13-14,16,18-19,23,25-26,29,32H,4,8-9,12,15,17H2,1-3H3,(H,33,34). The molecule has 0 radical (unpaired) electrons. The predicted molar refractivity (Wildman–Crippen MR) is 153 cm³/mol. The highest BCUT2D eigenvalue weighted by Crippen LogP contribution is 2.54. The Morgan fingerprint density at radius 1 is 1.13 bits per heavy atom. The van der Waals surface area contributed by atoms with E-state index in [1.54, 1.807) is 30.1 Å². The summed E-state index contributed by atoms with van der Waals surface area (Å²) in [6.45, 7) is 2.91. The molecule has 1 amide bonds. The summed E-state index contributed by atoms with van der Waals surface area (Å²) in [4.78, 5) is 32.4. The molecule has 4 atom stereocenters. The Labute approximate surface area is 229 Å². The first kappa shape index (κ1) is 25.8. The minimum atomic E-state index is -0.299. The second-order valence-corrected chi connectivity index (χ2v) is 11.2. The van der Waals surface area contributed by atoms with Crippen molar-refractivity contribution in [2.75, 3.05) is 23.8 Å². The maximum absolute atomic E-state index is 13.8. The molecule has 8 nitrogen and oxygen atoms in total. The predicted octanol–water partition coefficient (Wildman–Crippen LogP) is 3.96. The largest absolute Gasteiger partial charge is 0.347 e. The maximum atomic E-state index is 13.8. The van der Waals surface area contributed by atoms with Crippen LogP contribution in [0.1, 0.15) is 38.2 Å². The quantitative estimate of drug-likeness (QED) is 0.388. The number of carbonyl (C=O) groups excluding carboxylic acids is 1. The molecule has 3 fully saturated rings. The highest BCUT2D eigenvalue weighted by molar-refractivity contribution is 6.01. The van der Waals surface area contributed by atoms with Crippen LogP contribution >= 0.6 is 0 Å². The molecule has 3 aliphatic rings. The van der Waals surface area contributed by atoms with E-state index in [1.165, 1.54) is 0 Å². The van der Waals surface area contributed by atoms with E-state index < -0.39 is 0 Å². The summed E-state index contributed by atoms with van der Waals surface area (Å²) < 4.78 is 7.50. The van der Waals surface area contributed by atoms with Gasteiger partial charge in [0.2, 0.25) is 5.91 Å². The van der Waals surface area contributed by atoms with Gasteiger partial charge in [-0.05, 0) is 67.5 Å². The van der Waals surface area contributed by atoms with E-state index in [0.717, 1.165) is 61.0 Å². The van der Waals surface area contributed by atoms with Crippen LogP contribution in [0, 0.1) is 11.3 Å². The van der Waals surface area contributed by atoms with Gasteiger partial charge in [-0.25, -0.2) is 4.98 Å². The van der Waals surface area contributed by atoms with Gasteiger partial charge in [-0.3, -0.25) is 9.59 Å². The van der Waals surface area contributed by atoms with Crippen molar-refractivity contribution in [2.24, 2.45) is 18.4 Å². The van der Waals surface area contributed by atoms with E-state index in [4.69, 9.17) is 4.74 Å². The number of ether oxygens (including phenoxy) is 1. The van der Waals surface area contributed by atoms with Gasteiger partial charge in [0.15, 0.2) is 6.23 Å². The van der Waals surface area contributed by atoms with Crippen molar-refractivity contribution < 1.29 is 9.53 Å². The molecular weight excluding hydrogens is 490 g/mol. The summed E-state index contributed by atoms with van der Waals surface area (Å²) in [6, 6.07) is 16.0. The monoisotopic (exact) mass is 527 g/mol. The van der Waals surface area contributed by atoms with E-state index >= 15 is 0 Å². The second kappa shape index (κ2) is 10.2. The molecule has 3 aromatic rings. The van der Waals surface area contributed by atoms with Gasteiger partial charge in [-0.1, -0.05) is 31.2 Å². The van der Waals surface area contributed by atoms with Gasteiger partial charge >= 0.3 is 0 Å². The zero-order valence-electron chi connectivity index (χ0n) is 22.9. The first-order valence-electron chi connectivity index (χ1n) is 14.1. The molecule has 39 heavy (non-hydrogen) atoms. The fourth-order valence-electron chi connectivity index (χ4n) is 6.49. The van der Waals surface area contributed by atoms with Crippen LogP contribution in [-0.2, 0) is 23.0 Å². The first-order valence-corrected chi connectivity index (χ1v) is 14.1. The van der Waals surface area contributed by atoms with Gasteiger partial charge in [-0.15, -0.1) is 0 Å². The number of anilines is 2. The van der Waals surface area contributed by atoms with Crippen molar-refractivity contribution in [3.63, 3.8) is 0 Å². The van der Waals surface area contributed by atoms with Gasteiger partial charge in [0, 0.05) is 56.3 Å². The van der Waals surface area contributed by atoms with Crippen LogP contribution in [0.2, 0.25) is 0 Å². The van der Waals surface area contributed by atoms with Crippen molar-refractivity contribution in [3.8, 4) is 11.1 Å². The number of carbonyl (C=O) groups is 1. The molecule has 0 spiro atoms. The zero-order valence-corrected chi connectivity index (χ0v) is 22.9. The number of benzene rings is 1. The normalized spacial score (nSPS) is 25.1. The smallest absolute Gasteiger partial charge is 0.250 e. The SMILES string of the molecule is CCC(NC)C1(C2CC2)CCN(c2ccnc(NC3OC3Cc3cccc(-c4ccn(C)c(=O)c4)c3)c2)C1=O. The Morgan fingerprint density at radius 3 is 2.69 bits per heavy atom. The van der Waals surface area contributed by atoms with Crippen LogP contribution in [-0.4, -0.2) is 47.4 Å². The van der Waals surface area contributed by atoms with Crippen LogP contribution in [0.15, 0.2) is 65.7 Å². The summed E-state index contributed by atoms with van der Waals surface area (Å²) in [6.07, 6.45) is 8.35. The summed E-state index contributed by atoms with van der Waals surface area (Å²) in [5.41, 5.74) is 3.65. The molecule has 8 heteroatoms. The van der Waals surface area contributed by atoms with Crippen LogP contribution in [0.25, 0.3) is 11.1 Å². The minimum absolute atomic E-state index is 0.0245. The summed E-state index contributed by atoms with van der Waals surface area (Å²) in [7, 11) is 3.73. The average Bonchev–Trinajstić information content (AvgIpc) is 3.88. The van der Waals surface area contributed by atoms with Gasteiger partial charge in [-0.2, -0.15) is 0 Å². The number of hydrogen-bond acceptors (Lipinski definition) is 6. The Morgan fingerprint density at radius 2 is 1.95 bits per heavy atom. The van der Waals surface area contributed by atoms with Gasteiger partial charge in [0.05, 0.1) is 5.41 Å². The number of rotatable bonds is 10. The molecule has 4 unspecified atom stereocenters. The average molecular weight is 528 g/mol. The molecule has 2 N–H and O–H groups in total. The van der Waals surface area contributed by atoms with Crippen molar-refractivity contribution in [1.82, 2.24) is 14.9 Å². The molecule has 2 saturated heterocycles. The fourth-order valence-corrected chi connectivity index (χ4v) is 6.49. The van der Waals surface area contributed by atoms with Crippen LogP contribution < -0.4 is 21.1 Å². The number of aryl methyl sites for hydroxylation is 1. The van der Waals surface area contributed by atoms with Crippen molar-refractivity contribution in [3.05, 3.63) is 76.8 Å². The maximum Gasteiger partial charge on any atom is 0.250 e. The zero-order chi connectivity index (χ0) is 27.1. The molecule has 2 aliphatic heterocycles. The Hall–Kier alpha value is -3.49. The highest BCUT2D eigenvalue weighted by Gasteiger charge is 2.59. The van der Waals surface area contributed by atoms with E-state index in [0.29, 0.717) is 11.7 Å². The molecule has 1 aliphatic carbocycles. The molecule has 4 heterocycles.